The molecule has 0 saturated carbocycles. The summed E-state index contributed by atoms with van der Waals surface area (Å²) in [4.78, 5) is 25.1. The first-order valence-electron chi connectivity index (χ1n) is 7.63. The van der Waals surface area contributed by atoms with E-state index in [0.29, 0.717) is 0 Å². The molecule has 1 aromatic carbocycles. The average Bonchev–Trinajstić information content (AvgIpc) is 2.50. The summed E-state index contributed by atoms with van der Waals surface area (Å²) in [7, 11) is 0. The first kappa shape index (κ1) is 20.5. The Morgan fingerprint density at radius 3 is 2.44 bits per heavy atom. The molecule has 0 aliphatic heterocycles. The molecule has 0 N–H and O–H groups in total. The highest BCUT2D eigenvalue weighted by atomic mass is 19.4. The first-order valence-corrected chi connectivity index (χ1v) is 7.63. The summed E-state index contributed by atoms with van der Waals surface area (Å²) in [5.41, 5.74) is 0.0908. The molecule has 138 valence electrons. The number of carbonyl (C=O) groups is 2. The zero-order valence-electron chi connectivity index (χ0n) is 14.2. The van der Waals surface area contributed by atoms with Gasteiger partial charge in [0, 0.05) is 17.7 Å². The van der Waals surface area contributed by atoms with Gasteiger partial charge in [-0.2, -0.15) is 0 Å². The maximum Gasteiger partial charge on any atom is 0.573 e. The molecular weight excluding hydrogens is 339 g/mol. The third-order valence-corrected chi connectivity index (χ3v) is 3.06. The fourth-order valence-electron chi connectivity index (χ4n) is 1.95. The van der Waals surface area contributed by atoms with Crippen molar-refractivity contribution >= 4 is 18.0 Å². The zero-order valence-corrected chi connectivity index (χ0v) is 14.2. The van der Waals surface area contributed by atoms with E-state index in [1.807, 2.05) is 0 Å². The van der Waals surface area contributed by atoms with Crippen molar-refractivity contribution in [1.29, 1.82) is 0 Å². The molecule has 0 radical (unpaired) electrons. The predicted octanol–water partition coefficient (Wildman–Crippen LogP) is 3.40. The molecule has 8 heteroatoms. The normalized spacial score (nSPS) is 11.6. The molecule has 0 unspecified atom stereocenters. The van der Waals surface area contributed by atoms with Gasteiger partial charge in [0.2, 0.25) is 5.91 Å². The van der Waals surface area contributed by atoms with Gasteiger partial charge in [0.15, 0.2) is 0 Å². The molecule has 0 aliphatic carbocycles. The second-order valence-corrected chi connectivity index (χ2v) is 5.28. The molecule has 0 atom stereocenters. The van der Waals surface area contributed by atoms with E-state index in [0.717, 1.165) is 12.1 Å². The summed E-state index contributed by atoms with van der Waals surface area (Å²) in [6.45, 7) is 5.03. The van der Waals surface area contributed by atoms with Crippen molar-refractivity contribution in [1.82, 2.24) is 4.90 Å². The minimum absolute atomic E-state index is 0.0908. The van der Waals surface area contributed by atoms with Crippen LogP contribution < -0.4 is 4.74 Å². The Hall–Kier alpha value is -2.51. The molecule has 0 saturated heterocycles. The van der Waals surface area contributed by atoms with E-state index < -0.39 is 24.0 Å². The summed E-state index contributed by atoms with van der Waals surface area (Å²) < 4.78 is 45.9. The van der Waals surface area contributed by atoms with Gasteiger partial charge in [-0.25, -0.2) is 0 Å². The number of esters is 1. The van der Waals surface area contributed by atoms with Gasteiger partial charge < -0.3 is 14.4 Å². The molecule has 0 spiro atoms. The topological polar surface area (TPSA) is 55.8 Å². The van der Waals surface area contributed by atoms with Crippen LogP contribution in [0.3, 0.4) is 0 Å². The number of ether oxygens (including phenoxy) is 2. The lowest BCUT2D eigenvalue weighted by molar-refractivity contribution is -0.274. The standard InChI is InChI=1S/C17H20F3NO4/c1-4-24-16(23)11-21(12(2)3)15(22)10-9-13-7-5-6-8-14(13)25-17(18,19)20/h5-10,12H,4,11H2,1-3H3/b10-9+. The third kappa shape index (κ3) is 7.28. The van der Waals surface area contributed by atoms with Gasteiger partial charge in [-0.15, -0.1) is 13.2 Å². The van der Waals surface area contributed by atoms with Gasteiger partial charge in [0.1, 0.15) is 12.3 Å². The highest BCUT2D eigenvalue weighted by Crippen LogP contribution is 2.27. The SMILES string of the molecule is CCOC(=O)CN(C(=O)/C=C/c1ccccc1OC(F)(F)F)C(C)C. The van der Waals surface area contributed by atoms with E-state index in [9.17, 15) is 22.8 Å². The van der Waals surface area contributed by atoms with Crippen LogP contribution in [0, 0.1) is 0 Å². The molecule has 0 aliphatic rings. The molecule has 0 bridgehead atoms. The third-order valence-electron chi connectivity index (χ3n) is 3.06. The molecule has 5 nitrogen and oxygen atoms in total. The maximum absolute atomic E-state index is 12.4. The lowest BCUT2D eigenvalue weighted by atomic mass is 10.2. The zero-order chi connectivity index (χ0) is 19.0. The Labute approximate surface area is 144 Å². The molecule has 25 heavy (non-hydrogen) atoms. The van der Waals surface area contributed by atoms with Crippen LogP contribution in [-0.4, -0.2) is 42.3 Å². The lowest BCUT2D eigenvalue weighted by Gasteiger charge is -2.24. The molecule has 0 aromatic heterocycles. The second-order valence-electron chi connectivity index (χ2n) is 5.28. The van der Waals surface area contributed by atoms with Crippen LogP contribution in [0.15, 0.2) is 30.3 Å². The van der Waals surface area contributed by atoms with Crippen molar-refractivity contribution in [2.75, 3.05) is 13.2 Å². The van der Waals surface area contributed by atoms with Gasteiger partial charge in [-0.05, 0) is 32.9 Å². The highest BCUT2D eigenvalue weighted by Gasteiger charge is 2.31. The van der Waals surface area contributed by atoms with Gasteiger partial charge in [0.05, 0.1) is 6.61 Å². The van der Waals surface area contributed by atoms with E-state index in [-0.39, 0.29) is 24.8 Å². The first-order chi connectivity index (χ1) is 11.6. The van der Waals surface area contributed by atoms with E-state index in [1.54, 1.807) is 20.8 Å². The van der Waals surface area contributed by atoms with Gasteiger partial charge >= 0.3 is 12.3 Å². The number of para-hydroxylation sites is 1. The summed E-state index contributed by atoms with van der Waals surface area (Å²) in [6, 6.07) is 5.16. The Morgan fingerprint density at radius 2 is 1.88 bits per heavy atom. The van der Waals surface area contributed by atoms with Crippen LogP contribution in [0.2, 0.25) is 0 Å². The second kappa shape index (κ2) is 9.10. The monoisotopic (exact) mass is 359 g/mol. The van der Waals surface area contributed by atoms with Crippen molar-refractivity contribution in [3.8, 4) is 5.75 Å². The van der Waals surface area contributed by atoms with Crippen LogP contribution in [0.1, 0.15) is 26.3 Å². The van der Waals surface area contributed by atoms with Crippen molar-refractivity contribution in [3.05, 3.63) is 35.9 Å². The van der Waals surface area contributed by atoms with Crippen molar-refractivity contribution in [2.45, 2.75) is 33.2 Å². The number of halogens is 3. The number of nitrogens with zero attached hydrogens (tertiary/aromatic N) is 1. The van der Waals surface area contributed by atoms with Crippen molar-refractivity contribution in [3.63, 3.8) is 0 Å². The number of rotatable bonds is 7. The Bertz CT molecular complexity index is 627. The average molecular weight is 359 g/mol. The van der Waals surface area contributed by atoms with Gasteiger partial charge in [-0.3, -0.25) is 9.59 Å². The van der Waals surface area contributed by atoms with E-state index in [2.05, 4.69) is 4.74 Å². The van der Waals surface area contributed by atoms with Crippen LogP contribution in [0.25, 0.3) is 6.08 Å². The number of carbonyl (C=O) groups excluding carboxylic acids is 2. The van der Waals surface area contributed by atoms with Crippen LogP contribution in [0.4, 0.5) is 13.2 Å². The summed E-state index contributed by atoms with van der Waals surface area (Å²) in [5.74, 6) is -1.50. The van der Waals surface area contributed by atoms with Gasteiger partial charge in [0.25, 0.3) is 0 Å². The van der Waals surface area contributed by atoms with Crippen LogP contribution in [-0.2, 0) is 14.3 Å². The highest BCUT2D eigenvalue weighted by molar-refractivity contribution is 5.94. The minimum Gasteiger partial charge on any atom is -0.465 e. The van der Waals surface area contributed by atoms with Crippen molar-refractivity contribution in [2.24, 2.45) is 0 Å². The molecular formula is C17H20F3NO4. The fourth-order valence-corrected chi connectivity index (χ4v) is 1.95. The molecule has 1 rings (SSSR count). The largest absolute Gasteiger partial charge is 0.573 e. The Morgan fingerprint density at radius 1 is 1.24 bits per heavy atom. The van der Waals surface area contributed by atoms with Gasteiger partial charge in [-0.1, -0.05) is 18.2 Å². The number of amides is 1. The smallest absolute Gasteiger partial charge is 0.465 e. The van der Waals surface area contributed by atoms with E-state index in [1.165, 1.54) is 29.2 Å². The van der Waals surface area contributed by atoms with Crippen LogP contribution >= 0.6 is 0 Å². The maximum atomic E-state index is 12.4. The summed E-state index contributed by atoms with van der Waals surface area (Å²) in [5, 5.41) is 0. The number of alkyl halides is 3. The lowest BCUT2D eigenvalue weighted by Crippen LogP contribution is -2.40. The molecule has 0 fully saturated rings. The number of hydrogen-bond acceptors (Lipinski definition) is 4. The number of benzene rings is 1. The predicted molar refractivity (Wildman–Crippen MR) is 85.6 cm³/mol. The summed E-state index contributed by atoms with van der Waals surface area (Å²) >= 11 is 0. The molecule has 0 heterocycles. The quantitative estimate of drug-likeness (QED) is 0.553. The van der Waals surface area contributed by atoms with Crippen LogP contribution in [0.5, 0.6) is 5.75 Å². The Kier molecular flexibility index (Phi) is 7.47. The minimum atomic E-state index is -4.83. The fraction of sp³-hybridized carbons (Fsp3) is 0.412. The molecule has 1 aromatic rings. The van der Waals surface area contributed by atoms with E-state index in [4.69, 9.17) is 4.74 Å². The van der Waals surface area contributed by atoms with E-state index >= 15 is 0 Å². The Balaban J connectivity index is 2.92. The van der Waals surface area contributed by atoms with Crippen molar-refractivity contribution < 1.29 is 32.2 Å². The summed E-state index contributed by atoms with van der Waals surface area (Å²) in [6.07, 6.45) is -2.52. The molecule has 1 amide bonds. The number of hydrogen-bond donors (Lipinski definition) is 0.